The smallest absolute Gasteiger partial charge is 0.410 e. The second-order valence-corrected chi connectivity index (χ2v) is 6.06. The molecule has 1 N–H and O–H groups in total. The van der Waals surface area contributed by atoms with Crippen molar-refractivity contribution in [3.05, 3.63) is 52.0 Å². The van der Waals surface area contributed by atoms with E-state index >= 15 is 0 Å². The number of hydrogen-bond acceptors (Lipinski definition) is 5. The number of amides is 1. The molecule has 0 aliphatic heterocycles. The number of carbonyl (C=O) groups excluding carboxylic acids is 1. The first-order valence-corrected chi connectivity index (χ1v) is 8.01. The molecule has 0 aliphatic rings. The van der Waals surface area contributed by atoms with Crippen molar-refractivity contribution in [1.82, 2.24) is 9.88 Å². The van der Waals surface area contributed by atoms with Crippen LogP contribution in [-0.4, -0.2) is 33.6 Å². The van der Waals surface area contributed by atoms with Crippen LogP contribution in [0.1, 0.15) is 22.4 Å². The van der Waals surface area contributed by atoms with Gasteiger partial charge in [0.25, 0.3) is 0 Å². The Bertz CT molecular complexity index is 657. The molecule has 0 fully saturated rings. The molecule has 2 rings (SSSR count). The molecule has 1 heterocycles. The fourth-order valence-corrected chi connectivity index (χ4v) is 2.81. The van der Waals surface area contributed by atoms with E-state index in [0.717, 1.165) is 26.8 Å². The van der Waals surface area contributed by atoms with E-state index in [2.05, 4.69) is 4.98 Å². The first-order chi connectivity index (χ1) is 11.1. The third kappa shape index (κ3) is 5.37. The Morgan fingerprint density at radius 1 is 1.30 bits per heavy atom. The number of aliphatic carboxylic acids is 1. The Morgan fingerprint density at radius 2 is 2.04 bits per heavy atom. The highest BCUT2D eigenvalue weighted by atomic mass is 32.1. The summed E-state index contributed by atoms with van der Waals surface area (Å²) < 4.78 is 5.20. The maximum atomic E-state index is 12.2. The monoisotopic (exact) mass is 334 g/mol. The summed E-state index contributed by atoms with van der Waals surface area (Å²) in [5.41, 5.74) is 0.849. The summed E-state index contributed by atoms with van der Waals surface area (Å²) in [6.07, 6.45) is 1.83. The van der Waals surface area contributed by atoms with Crippen molar-refractivity contribution in [2.45, 2.75) is 26.5 Å². The third-order valence-corrected chi connectivity index (χ3v) is 4.17. The minimum atomic E-state index is -1.08. The van der Waals surface area contributed by atoms with Gasteiger partial charge in [0.1, 0.15) is 13.2 Å². The summed E-state index contributed by atoms with van der Waals surface area (Å²) in [5.74, 6) is -1.08. The van der Waals surface area contributed by atoms with E-state index in [0.29, 0.717) is 0 Å². The number of carboxylic acids is 1. The van der Waals surface area contributed by atoms with E-state index in [9.17, 15) is 9.59 Å². The summed E-state index contributed by atoms with van der Waals surface area (Å²) in [7, 11) is 0. The van der Waals surface area contributed by atoms with Gasteiger partial charge in [0.2, 0.25) is 0 Å². The SMILES string of the molecule is CCc1ncc(CN(CC(=O)O)C(=O)OCc2ccccc2)s1. The molecule has 0 saturated heterocycles. The van der Waals surface area contributed by atoms with Crippen LogP contribution >= 0.6 is 11.3 Å². The van der Waals surface area contributed by atoms with Crippen molar-refractivity contribution in [3.8, 4) is 0 Å². The molecule has 7 heteroatoms. The zero-order valence-electron chi connectivity index (χ0n) is 12.8. The van der Waals surface area contributed by atoms with E-state index in [1.54, 1.807) is 6.20 Å². The van der Waals surface area contributed by atoms with E-state index in [4.69, 9.17) is 9.84 Å². The Morgan fingerprint density at radius 3 is 2.65 bits per heavy atom. The maximum absolute atomic E-state index is 12.2. The topological polar surface area (TPSA) is 79.7 Å². The Labute approximate surface area is 138 Å². The van der Waals surface area contributed by atoms with Crippen LogP contribution in [0.25, 0.3) is 0 Å². The van der Waals surface area contributed by atoms with Gasteiger partial charge in [0, 0.05) is 11.1 Å². The Hall–Kier alpha value is -2.41. The van der Waals surface area contributed by atoms with Gasteiger partial charge >= 0.3 is 12.1 Å². The molecule has 0 radical (unpaired) electrons. The molecule has 6 nitrogen and oxygen atoms in total. The molecule has 1 aromatic carbocycles. The van der Waals surface area contributed by atoms with Crippen LogP contribution in [0.4, 0.5) is 4.79 Å². The van der Waals surface area contributed by atoms with Crippen LogP contribution in [0.3, 0.4) is 0 Å². The van der Waals surface area contributed by atoms with E-state index in [1.807, 2.05) is 37.3 Å². The molecule has 23 heavy (non-hydrogen) atoms. The fraction of sp³-hybridized carbons (Fsp3) is 0.312. The molecule has 0 spiro atoms. The number of hydrogen-bond donors (Lipinski definition) is 1. The highest BCUT2D eigenvalue weighted by Crippen LogP contribution is 2.16. The second kappa shape index (κ2) is 8.28. The first-order valence-electron chi connectivity index (χ1n) is 7.19. The van der Waals surface area contributed by atoms with Crippen molar-refractivity contribution in [2.24, 2.45) is 0 Å². The summed E-state index contributed by atoms with van der Waals surface area (Å²) in [5, 5.41) is 9.94. The molecule has 1 amide bonds. The lowest BCUT2D eigenvalue weighted by Crippen LogP contribution is -2.35. The largest absolute Gasteiger partial charge is 0.480 e. The maximum Gasteiger partial charge on any atom is 0.410 e. The minimum absolute atomic E-state index is 0.110. The summed E-state index contributed by atoms with van der Waals surface area (Å²) in [6.45, 7) is 1.87. The summed E-state index contributed by atoms with van der Waals surface area (Å²) in [4.78, 5) is 29.3. The minimum Gasteiger partial charge on any atom is -0.480 e. The number of thiazole rings is 1. The number of aryl methyl sites for hydroxylation is 1. The zero-order valence-corrected chi connectivity index (χ0v) is 13.6. The standard InChI is InChI=1S/C16H18N2O4S/c1-2-14-17-8-13(23-14)9-18(10-15(19)20)16(21)22-11-12-6-4-3-5-7-12/h3-8H,2,9-11H2,1H3,(H,19,20). The molecule has 0 aliphatic carbocycles. The number of carboxylic acid groups (broad SMARTS) is 1. The van der Waals surface area contributed by atoms with Crippen molar-refractivity contribution in [2.75, 3.05) is 6.54 Å². The molecular formula is C16H18N2O4S. The van der Waals surface area contributed by atoms with Gasteiger partial charge < -0.3 is 9.84 Å². The highest BCUT2D eigenvalue weighted by Gasteiger charge is 2.19. The van der Waals surface area contributed by atoms with Gasteiger partial charge in [-0.2, -0.15) is 0 Å². The highest BCUT2D eigenvalue weighted by molar-refractivity contribution is 7.11. The van der Waals surface area contributed by atoms with Crippen molar-refractivity contribution < 1.29 is 19.4 Å². The second-order valence-electron chi connectivity index (χ2n) is 4.86. The van der Waals surface area contributed by atoms with Crippen LogP contribution in [0, 0.1) is 0 Å². The summed E-state index contributed by atoms with van der Waals surface area (Å²) in [6, 6.07) is 9.25. The van der Waals surface area contributed by atoms with E-state index < -0.39 is 18.6 Å². The lowest BCUT2D eigenvalue weighted by atomic mass is 10.2. The van der Waals surface area contributed by atoms with E-state index in [-0.39, 0.29) is 13.2 Å². The number of rotatable bonds is 7. The Kier molecular flexibility index (Phi) is 6.10. The average molecular weight is 334 g/mol. The predicted molar refractivity (Wildman–Crippen MR) is 86.2 cm³/mol. The van der Waals surface area contributed by atoms with Crippen molar-refractivity contribution >= 4 is 23.4 Å². The molecule has 0 unspecified atom stereocenters. The van der Waals surface area contributed by atoms with Crippen molar-refractivity contribution in [1.29, 1.82) is 0 Å². The Balaban J connectivity index is 1.98. The molecule has 2 aromatic rings. The van der Waals surface area contributed by atoms with Gasteiger partial charge in [0.05, 0.1) is 11.6 Å². The summed E-state index contributed by atoms with van der Waals surface area (Å²) >= 11 is 1.47. The van der Waals surface area contributed by atoms with Crippen LogP contribution in [0.15, 0.2) is 36.5 Å². The lowest BCUT2D eigenvalue weighted by molar-refractivity contribution is -0.138. The van der Waals surface area contributed by atoms with Gasteiger partial charge in [-0.1, -0.05) is 37.3 Å². The van der Waals surface area contributed by atoms with Crippen LogP contribution in [0.2, 0.25) is 0 Å². The number of carbonyl (C=O) groups is 2. The predicted octanol–water partition coefficient (Wildman–Crippen LogP) is 2.93. The van der Waals surface area contributed by atoms with Gasteiger partial charge in [0.15, 0.2) is 0 Å². The lowest BCUT2D eigenvalue weighted by Gasteiger charge is -2.19. The van der Waals surface area contributed by atoms with Gasteiger partial charge in [-0.25, -0.2) is 9.78 Å². The first kappa shape index (κ1) is 17.0. The van der Waals surface area contributed by atoms with Gasteiger partial charge in [-0.05, 0) is 12.0 Å². The van der Waals surface area contributed by atoms with Crippen LogP contribution in [-0.2, 0) is 29.1 Å². The van der Waals surface area contributed by atoms with Crippen molar-refractivity contribution in [3.63, 3.8) is 0 Å². The number of benzene rings is 1. The molecule has 1 aromatic heterocycles. The molecule has 122 valence electrons. The van der Waals surface area contributed by atoms with Crippen LogP contribution < -0.4 is 0 Å². The van der Waals surface area contributed by atoms with E-state index in [1.165, 1.54) is 11.3 Å². The number of nitrogens with zero attached hydrogens (tertiary/aromatic N) is 2. The number of ether oxygens (including phenoxy) is 1. The molecule has 0 atom stereocenters. The zero-order chi connectivity index (χ0) is 16.7. The van der Waals surface area contributed by atoms with Gasteiger partial charge in [-0.15, -0.1) is 11.3 Å². The molecular weight excluding hydrogens is 316 g/mol. The normalized spacial score (nSPS) is 10.3. The fourth-order valence-electron chi connectivity index (χ4n) is 1.93. The van der Waals surface area contributed by atoms with Gasteiger partial charge in [-0.3, -0.25) is 9.69 Å². The molecule has 0 bridgehead atoms. The number of aromatic nitrogens is 1. The molecule has 0 saturated carbocycles. The average Bonchev–Trinajstić information content (AvgIpc) is 3.00. The quantitative estimate of drug-likeness (QED) is 0.842. The third-order valence-electron chi connectivity index (χ3n) is 3.04. The van der Waals surface area contributed by atoms with Crippen LogP contribution in [0.5, 0.6) is 0 Å².